The standard InChI is InChI=1S/C15H22F9Se/c16-12(17,13(18,19)14(20,21)15(22,23)24)10-8-6-4-2-1-3-5-7-9-11-25/h1-11H2. The molecular formula is C15H22F9Se. The van der Waals surface area contributed by atoms with E-state index in [-0.39, 0.29) is 6.42 Å². The van der Waals surface area contributed by atoms with E-state index < -0.39 is 36.8 Å². The number of halogens is 9. The van der Waals surface area contributed by atoms with Gasteiger partial charge in [-0.15, -0.1) is 0 Å². The fraction of sp³-hybridized carbons (Fsp3) is 1.00. The van der Waals surface area contributed by atoms with Gasteiger partial charge in [-0.05, 0) is 0 Å². The summed E-state index contributed by atoms with van der Waals surface area (Å²) in [5, 5.41) is 0.978. The zero-order valence-corrected chi connectivity index (χ0v) is 15.3. The third kappa shape index (κ3) is 7.19. The Labute approximate surface area is 149 Å². The van der Waals surface area contributed by atoms with Crippen molar-refractivity contribution in [2.75, 3.05) is 0 Å². The van der Waals surface area contributed by atoms with Crippen LogP contribution in [-0.4, -0.2) is 40.0 Å². The van der Waals surface area contributed by atoms with E-state index in [1.54, 1.807) is 0 Å². The van der Waals surface area contributed by atoms with Crippen LogP contribution in [0, 0.1) is 0 Å². The number of unbranched alkanes of at least 4 members (excludes halogenated alkanes) is 8. The molecule has 0 amide bonds. The monoisotopic (exact) mass is 453 g/mol. The van der Waals surface area contributed by atoms with E-state index in [2.05, 4.69) is 16.0 Å². The van der Waals surface area contributed by atoms with Crippen LogP contribution in [0.3, 0.4) is 0 Å². The first-order valence-electron chi connectivity index (χ1n) is 8.09. The molecule has 0 aromatic rings. The molecule has 0 spiro atoms. The van der Waals surface area contributed by atoms with Crippen LogP contribution in [-0.2, 0) is 0 Å². The molecule has 0 saturated carbocycles. The predicted octanol–water partition coefficient (Wildman–Crippen LogP) is 6.94. The molecule has 0 N–H and O–H groups in total. The molecule has 0 bridgehead atoms. The van der Waals surface area contributed by atoms with Gasteiger partial charge in [0.05, 0.1) is 0 Å². The minimum absolute atomic E-state index is 0.0766. The third-order valence-corrected chi connectivity index (χ3v) is 4.45. The Hall–Kier alpha value is -0.111. The van der Waals surface area contributed by atoms with Gasteiger partial charge in [-0.1, -0.05) is 0 Å². The fourth-order valence-corrected chi connectivity index (χ4v) is 2.68. The minimum atomic E-state index is -6.78. The van der Waals surface area contributed by atoms with Crippen molar-refractivity contribution in [3.8, 4) is 0 Å². The molecule has 0 aromatic heterocycles. The SMILES string of the molecule is FC(F)(F)C(F)(F)C(F)(F)C(F)(F)CCCCCCCCCCC[Se]. The molecule has 0 aromatic carbocycles. The van der Waals surface area contributed by atoms with Gasteiger partial charge in [-0.2, -0.15) is 39.5 Å². The van der Waals surface area contributed by atoms with Crippen LogP contribution in [0.1, 0.15) is 64.2 Å². The zero-order chi connectivity index (χ0) is 19.8. The summed E-state index contributed by atoms with van der Waals surface area (Å²) in [5.41, 5.74) is 0. The maximum atomic E-state index is 13.2. The summed E-state index contributed by atoms with van der Waals surface area (Å²) < 4.78 is 114. The molecule has 0 unspecified atom stereocenters. The van der Waals surface area contributed by atoms with E-state index in [9.17, 15) is 39.5 Å². The van der Waals surface area contributed by atoms with Gasteiger partial charge in [0.15, 0.2) is 0 Å². The number of rotatable bonds is 13. The summed E-state index contributed by atoms with van der Waals surface area (Å²) in [5.74, 6) is -18.7. The van der Waals surface area contributed by atoms with Gasteiger partial charge in [-0.3, -0.25) is 0 Å². The molecule has 0 nitrogen and oxygen atoms in total. The maximum absolute atomic E-state index is 13.2. The van der Waals surface area contributed by atoms with Crippen LogP contribution >= 0.6 is 0 Å². The summed E-state index contributed by atoms with van der Waals surface area (Å²) in [6, 6.07) is 0. The molecule has 0 heterocycles. The molecule has 0 aliphatic rings. The van der Waals surface area contributed by atoms with Gasteiger partial charge >= 0.3 is 109 Å². The average Bonchev–Trinajstić information content (AvgIpc) is 2.47. The van der Waals surface area contributed by atoms with Crippen molar-refractivity contribution >= 4 is 16.0 Å². The predicted molar refractivity (Wildman–Crippen MR) is 77.6 cm³/mol. The van der Waals surface area contributed by atoms with Gasteiger partial charge in [0, 0.05) is 0 Å². The van der Waals surface area contributed by atoms with Gasteiger partial charge < -0.3 is 0 Å². The molecule has 0 rings (SSSR count). The van der Waals surface area contributed by atoms with Crippen molar-refractivity contribution < 1.29 is 39.5 Å². The van der Waals surface area contributed by atoms with Crippen molar-refractivity contribution in [2.24, 2.45) is 0 Å². The van der Waals surface area contributed by atoms with Gasteiger partial charge in [0.25, 0.3) is 0 Å². The Balaban J connectivity index is 4.20. The Morgan fingerprint density at radius 3 is 1.20 bits per heavy atom. The molecule has 0 aliphatic heterocycles. The van der Waals surface area contributed by atoms with Crippen LogP contribution in [0.2, 0.25) is 5.32 Å². The molecule has 0 saturated heterocycles. The second-order valence-electron chi connectivity index (χ2n) is 5.99. The number of hydrogen-bond acceptors (Lipinski definition) is 0. The summed E-state index contributed by atoms with van der Waals surface area (Å²) in [4.78, 5) is 0. The van der Waals surface area contributed by atoms with Crippen LogP contribution < -0.4 is 0 Å². The topological polar surface area (TPSA) is 0 Å². The van der Waals surface area contributed by atoms with Crippen molar-refractivity contribution in [2.45, 2.75) is 93.5 Å². The third-order valence-electron chi connectivity index (χ3n) is 3.84. The number of hydrogen-bond donors (Lipinski definition) is 0. The normalized spacial score (nSPS) is 14.2. The zero-order valence-electron chi connectivity index (χ0n) is 13.6. The van der Waals surface area contributed by atoms with Crippen molar-refractivity contribution in [3.05, 3.63) is 0 Å². The van der Waals surface area contributed by atoms with Crippen molar-refractivity contribution in [1.29, 1.82) is 0 Å². The van der Waals surface area contributed by atoms with E-state index in [1.807, 2.05) is 0 Å². The molecule has 0 atom stereocenters. The second kappa shape index (κ2) is 10.3. The van der Waals surface area contributed by atoms with Crippen molar-refractivity contribution in [3.63, 3.8) is 0 Å². The fourth-order valence-electron chi connectivity index (χ4n) is 2.25. The first-order valence-corrected chi connectivity index (χ1v) is 9.30. The molecule has 0 fully saturated rings. The molecule has 0 aliphatic carbocycles. The second-order valence-corrected chi connectivity index (χ2v) is 6.84. The van der Waals surface area contributed by atoms with E-state index in [1.165, 1.54) is 0 Å². The summed E-state index contributed by atoms with van der Waals surface area (Å²) in [7, 11) is 0. The molecule has 10 heteroatoms. The van der Waals surface area contributed by atoms with Crippen LogP contribution in [0.4, 0.5) is 39.5 Å². The van der Waals surface area contributed by atoms with E-state index >= 15 is 0 Å². The quantitative estimate of drug-likeness (QED) is 0.161. The number of alkyl halides is 9. The van der Waals surface area contributed by atoms with Gasteiger partial charge in [-0.25, -0.2) is 0 Å². The van der Waals surface area contributed by atoms with Gasteiger partial charge in [0.1, 0.15) is 0 Å². The summed E-state index contributed by atoms with van der Waals surface area (Å²) in [6.07, 6.45) is -2.83. The Bertz CT molecular complexity index is 367. The first-order chi connectivity index (χ1) is 11.3. The molecule has 151 valence electrons. The van der Waals surface area contributed by atoms with E-state index in [0.29, 0.717) is 12.8 Å². The Kier molecular flexibility index (Phi) is 10.2. The summed E-state index contributed by atoms with van der Waals surface area (Å²) in [6.45, 7) is 0. The van der Waals surface area contributed by atoms with E-state index in [4.69, 9.17) is 0 Å². The van der Waals surface area contributed by atoms with Crippen LogP contribution in [0.15, 0.2) is 0 Å². The van der Waals surface area contributed by atoms with E-state index in [0.717, 1.165) is 37.4 Å². The van der Waals surface area contributed by atoms with Crippen molar-refractivity contribution in [1.82, 2.24) is 0 Å². The average molecular weight is 452 g/mol. The van der Waals surface area contributed by atoms with Crippen LogP contribution in [0.5, 0.6) is 0 Å². The Morgan fingerprint density at radius 1 is 0.480 bits per heavy atom. The molecular weight excluding hydrogens is 430 g/mol. The Morgan fingerprint density at radius 2 is 0.840 bits per heavy atom. The molecule has 25 heavy (non-hydrogen) atoms. The van der Waals surface area contributed by atoms with Crippen LogP contribution in [0.25, 0.3) is 0 Å². The summed E-state index contributed by atoms with van der Waals surface area (Å²) >= 11 is 2.88. The molecule has 1 radical (unpaired) electrons. The van der Waals surface area contributed by atoms with Gasteiger partial charge in [0.2, 0.25) is 0 Å². The first kappa shape index (κ1) is 24.9.